The third-order valence-corrected chi connectivity index (χ3v) is 4.05. The predicted octanol–water partition coefficient (Wildman–Crippen LogP) is 4.33. The molecule has 1 heterocycles. The average molecular weight is 352 g/mol. The van der Waals surface area contributed by atoms with Crippen molar-refractivity contribution >= 4 is 5.97 Å². The van der Waals surface area contributed by atoms with E-state index in [0.717, 1.165) is 6.42 Å². The first kappa shape index (κ1) is 21.6. The van der Waals surface area contributed by atoms with Crippen LogP contribution in [0.2, 0.25) is 0 Å². The van der Waals surface area contributed by atoms with Crippen molar-refractivity contribution in [3.05, 3.63) is 36.5 Å². The molecule has 0 aromatic carbocycles. The number of hydrogen-bond acceptors (Lipinski definition) is 4. The summed E-state index contributed by atoms with van der Waals surface area (Å²) in [4.78, 5) is 20.8. The van der Waals surface area contributed by atoms with Gasteiger partial charge in [0.15, 0.2) is 0 Å². The minimum absolute atomic E-state index is 0.125. The van der Waals surface area contributed by atoms with Crippen LogP contribution in [-0.2, 0) is 14.6 Å². The lowest BCUT2D eigenvalue weighted by Crippen LogP contribution is -2.24. The first-order valence-electron chi connectivity index (χ1n) is 9.33. The molecule has 1 rings (SSSR count). The molecule has 1 saturated heterocycles. The van der Waals surface area contributed by atoms with E-state index in [9.17, 15) is 9.90 Å². The number of carboxylic acids is 1. The standard InChI is InChI=1S/C20H32O5/c1-2-3-4-5-6-7-10-13-17-16-19(25-24-17)18(21)14-11-8-9-12-15-20(22)23/h6-8,10-11,13,17-19,21H,2-5,9,12,14-16H2,1H3,(H,22,23)/b7-6-,11-8-,13-10+. The van der Waals surface area contributed by atoms with Gasteiger partial charge in [0.2, 0.25) is 0 Å². The minimum Gasteiger partial charge on any atom is -0.481 e. The number of rotatable bonds is 13. The smallest absolute Gasteiger partial charge is 0.303 e. The molecule has 1 fully saturated rings. The number of unbranched alkanes of at least 4 members (excludes halogenated alkanes) is 4. The fraction of sp³-hybridized carbons (Fsp3) is 0.650. The SMILES string of the molecule is CCCCC/C=C\C=C\C1CC(C(O)C/C=C\CCCC(=O)O)OO1. The Morgan fingerprint density at radius 1 is 1.12 bits per heavy atom. The summed E-state index contributed by atoms with van der Waals surface area (Å²) >= 11 is 0. The summed E-state index contributed by atoms with van der Waals surface area (Å²) in [7, 11) is 0. The third kappa shape index (κ3) is 10.9. The van der Waals surface area contributed by atoms with Crippen LogP contribution in [0.1, 0.15) is 64.7 Å². The van der Waals surface area contributed by atoms with Crippen LogP contribution < -0.4 is 0 Å². The topological polar surface area (TPSA) is 76.0 Å². The molecule has 1 aliphatic heterocycles. The van der Waals surface area contributed by atoms with E-state index in [-0.39, 0.29) is 18.6 Å². The molecule has 0 saturated carbocycles. The van der Waals surface area contributed by atoms with Crippen molar-refractivity contribution < 1.29 is 24.8 Å². The van der Waals surface area contributed by atoms with Crippen LogP contribution in [-0.4, -0.2) is 34.5 Å². The van der Waals surface area contributed by atoms with E-state index < -0.39 is 12.1 Å². The molecule has 2 N–H and O–H groups in total. The van der Waals surface area contributed by atoms with Crippen molar-refractivity contribution in [3.8, 4) is 0 Å². The second-order valence-electron chi connectivity index (χ2n) is 6.37. The highest BCUT2D eigenvalue weighted by molar-refractivity contribution is 5.66. The lowest BCUT2D eigenvalue weighted by Gasteiger charge is -2.12. The molecule has 0 radical (unpaired) electrons. The largest absolute Gasteiger partial charge is 0.481 e. The molecule has 1 aliphatic rings. The lowest BCUT2D eigenvalue weighted by atomic mass is 10.0. The lowest BCUT2D eigenvalue weighted by molar-refractivity contribution is -0.300. The maximum atomic E-state index is 10.4. The van der Waals surface area contributed by atoms with E-state index >= 15 is 0 Å². The minimum atomic E-state index is -0.778. The number of carboxylic acid groups (broad SMARTS) is 1. The summed E-state index contributed by atoms with van der Waals surface area (Å²) in [5.41, 5.74) is 0. The van der Waals surface area contributed by atoms with Crippen molar-refractivity contribution in [2.45, 2.75) is 83.0 Å². The number of allylic oxidation sites excluding steroid dienone is 4. The van der Waals surface area contributed by atoms with E-state index in [1.165, 1.54) is 19.3 Å². The first-order chi connectivity index (χ1) is 12.1. The molecular weight excluding hydrogens is 320 g/mol. The summed E-state index contributed by atoms with van der Waals surface area (Å²) in [6, 6.07) is 0. The number of aliphatic hydroxyl groups is 1. The number of hydrogen-bond donors (Lipinski definition) is 2. The highest BCUT2D eigenvalue weighted by Crippen LogP contribution is 2.22. The van der Waals surface area contributed by atoms with Gasteiger partial charge >= 0.3 is 5.97 Å². The molecule has 0 aliphatic carbocycles. The summed E-state index contributed by atoms with van der Waals surface area (Å²) in [5, 5.41) is 18.7. The number of carbonyl (C=O) groups is 1. The Morgan fingerprint density at radius 2 is 1.92 bits per heavy atom. The molecular formula is C20H32O5. The predicted molar refractivity (Wildman–Crippen MR) is 98.0 cm³/mol. The zero-order valence-electron chi connectivity index (χ0n) is 15.2. The third-order valence-electron chi connectivity index (χ3n) is 4.05. The Kier molecular flexibility index (Phi) is 11.9. The number of aliphatic carboxylic acids is 1. The summed E-state index contributed by atoms with van der Waals surface area (Å²) in [6.07, 6.45) is 18.2. The Labute approximate surface area is 151 Å². The van der Waals surface area contributed by atoms with Gasteiger partial charge in [-0.1, -0.05) is 56.2 Å². The van der Waals surface area contributed by atoms with Crippen LogP contribution >= 0.6 is 0 Å². The average Bonchev–Trinajstić information content (AvgIpc) is 3.05. The van der Waals surface area contributed by atoms with Crippen LogP contribution in [0.5, 0.6) is 0 Å². The Bertz CT molecular complexity index is 441. The molecule has 5 heteroatoms. The van der Waals surface area contributed by atoms with E-state index in [4.69, 9.17) is 14.9 Å². The van der Waals surface area contributed by atoms with Crippen molar-refractivity contribution in [3.63, 3.8) is 0 Å². The van der Waals surface area contributed by atoms with Gasteiger partial charge in [0.25, 0.3) is 0 Å². The van der Waals surface area contributed by atoms with E-state index in [2.05, 4.69) is 13.0 Å². The molecule has 142 valence electrons. The van der Waals surface area contributed by atoms with E-state index in [1.807, 2.05) is 30.4 Å². The maximum Gasteiger partial charge on any atom is 0.303 e. The van der Waals surface area contributed by atoms with Crippen LogP contribution in [0.4, 0.5) is 0 Å². The van der Waals surface area contributed by atoms with E-state index in [0.29, 0.717) is 25.7 Å². The molecule has 0 aromatic rings. The fourth-order valence-corrected chi connectivity index (χ4v) is 2.53. The quantitative estimate of drug-likeness (QED) is 0.223. The van der Waals surface area contributed by atoms with Crippen molar-refractivity contribution in [2.75, 3.05) is 0 Å². The number of aliphatic hydroxyl groups excluding tert-OH is 1. The van der Waals surface area contributed by atoms with Crippen LogP contribution in [0.3, 0.4) is 0 Å². The summed E-state index contributed by atoms with van der Waals surface area (Å²) in [6.45, 7) is 2.20. The van der Waals surface area contributed by atoms with Gasteiger partial charge in [-0.3, -0.25) is 4.79 Å². The molecule has 0 amide bonds. The van der Waals surface area contributed by atoms with Crippen molar-refractivity contribution in [2.24, 2.45) is 0 Å². The first-order valence-corrected chi connectivity index (χ1v) is 9.33. The monoisotopic (exact) mass is 352 g/mol. The van der Waals surface area contributed by atoms with Gasteiger partial charge in [-0.15, -0.1) is 0 Å². The van der Waals surface area contributed by atoms with Gasteiger partial charge in [-0.25, -0.2) is 9.78 Å². The second-order valence-corrected chi connectivity index (χ2v) is 6.37. The zero-order valence-corrected chi connectivity index (χ0v) is 15.2. The van der Waals surface area contributed by atoms with Gasteiger partial charge < -0.3 is 10.2 Å². The normalized spacial score (nSPS) is 22.5. The molecule has 0 aromatic heterocycles. The van der Waals surface area contributed by atoms with E-state index in [1.54, 1.807) is 0 Å². The maximum absolute atomic E-state index is 10.4. The van der Waals surface area contributed by atoms with Crippen LogP contribution in [0.15, 0.2) is 36.5 Å². The fourth-order valence-electron chi connectivity index (χ4n) is 2.53. The van der Waals surface area contributed by atoms with Crippen LogP contribution in [0, 0.1) is 0 Å². The van der Waals surface area contributed by atoms with Crippen LogP contribution in [0.25, 0.3) is 0 Å². The highest BCUT2D eigenvalue weighted by Gasteiger charge is 2.30. The summed E-state index contributed by atoms with van der Waals surface area (Å²) < 4.78 is 0. The van der Waals surface area contributed by atoms with Gasteiger partial charge in [0.1, 0.15) is 12.2 Å². The Hall–Kier alpha value is -1.43. The molecule has 5 nitrogen and oxygen atoms in total. The molecule has 3 atom stereocenters. The molecule has 25 heavy (non-hydrogen) atoms. The highest BCUT2D eigenvalue weighted by atomic mass is 17.2. The van der Waals surface area contributed by atoms with Gasteiger partial charge in [0, 0.05) is 12.8 Å². The Balaban J connectivity index is 2.16. The molecule has 3 unspecified atom stereocenters. The zero-order chi connectivity index (χ0) is 18.3. The Morgan fingerprint density at radius 3 is 2.68 bits per heavy atom. The molecule has 0 spiro atoms. The molecule has 0 bridgehead atoms. The van der Waals surface area contributed by atoms with Gasteiger partial charge in [-0.2, -0.15) is 0 Å². The van der Waals surface area contributed by atoms with Gasteiger partial charge in [-0.05, 0) is 32.1 Å². The van der Waals surface area contributed by atoms with Gasteiger partial charge in [0.05, 0.1) is 6.10 Å². The van der Waals surface area contributed by atoms with Crippen molar-refractivity contribution in [1.29, 1.82) is 0 Å². The van der Waals surface area contributed by atoms with Crippen molar-refractivity contribution in [1.82, 2.24) is 0 Å². The summed E-state index contributed by atoms with van der Waals surface area (Å²) in [5.74, 6) is -0.778. The second kappa shape index (κ2) is 13.8.